The Morgan fingerprint density at radius 3 is 1.54 bits per heavy atom. The van der Waals surface area contributed by atoms with Crippen LogP contribution < -0.4 is 0 Å². The summed E-state index contributed by atoms with van der Waals surface area (Å²) in [7, 11) is 4.05. The number of hydrogen-bond acceptors (Lipinski definition) is 5. The molecule has 2 aromatic rings. The van der Waals surface area contributed by atoms with Crippen molar-refractivity contribution in [2.45, 2.75) is 25.2 Å². The minimum Gasteiger partial charge on any atom is -0.999 e. The zero-order valence-corrected chi connectivity index (χ0v) is 15.3. The molecule has 0 bridgehead atoms. The second-order valence-corrected chi connectivity index (χ2v) is 4.80. The molecule has 3 unspecified atom stereocenters. The quantitative estimate of drug-likeness (QED) is 0.403. The molecule has 2 rings (SSSR count). The molecule has 148 valence electrons. The third-order valence-electron chi connectivity index (χ3n) is 2.81. The van der Waals surface area contributed by atoms with E-state index in [9.17, 15) is 9.59 Å². The predicted octanol–water partition coefficient (Wildman–Crippen LogP) is -0.290. The minimum absolute atomic E-state index is 0. The second-order valence-electron chi connectivity index (χ2n) is 4.80. The summed E-state index contributed by atoms with van der Waals surface area (Å²) in [6, 6.07) is 23.7. The van der Waals surface area contributed by atoms with Crippen LogP contribution in [-0.4, -0.2) is 63.6 Å². The molecule has 7 nitrogen and oxygen atoms in total. The van der Waals surface area contributed by atoms with E-state index in [1.54, 1.807) is 6.07 Å². The van der Waals surface area contributed by atoms with E-state index in [4.69, 9.17) is 20.4 Å². The number of nitrogens with zero attached hydrogens (tertiary/aromatic N) is 1. The molecule has 0 aromatic heterocycles. The van der Waals surface area contributed by atoms with Crippen LogP contribution in [0.5, 0.6) is 0 Å². The van der Waals surface area contributed by atoms with Gasteiger partial charge in [0, 0.05) is 17.1 Å². The Kier molecular flexibility index (Phi) is 14.4. The van der Waals surface area contributed by atoms with Crippen LogP contribution in [0.2, 0.25) is 0 Å². The van der Waals surface area contributed by atoms with Gasteiger partial charge in [0.05, 0.1) is 0 Å². The van der Waals surface area contributed by atoms with Crippen LogP contribution in [0.1, 0.15) is 18.5 Å². The molecule has 0 fully saturated rings. The summed E-state index contributed by atoms with van der Waals surface area (Å²) in [6.45, 7) is 2.10. The monoisotopic (exact) mass is 399 g/mol. The van der Waals surface area contributed by atoms with Gasteiger partial charge in [0.15, 0.2) is 12.2 Å². The van der Waals surface area contributed by atoms with Crippen LogP contribution in [0.15, 0.2) is 6.07 Å². The average Bonchev–Trinajstić information content (AvgIpc) is 3.28. The molecule has 0 aliphatic heterocycles. The number of rotatable bonds is 5. The Morgan fingerprint density at radius 2 is 1.31 bits per heavy atom. The van der Waals surface area contributed by atoms with Crippen molar-refractivity contribution in [3.8, 4) is 0 Å². The Morgan fingerprint density at radius 1 is 0.923 bits per heavy atom. The van der Waals surface area contributed by atoms with E-state index in [0.717, 1.165) is 5.56 Å². The van der Waals surface area contributed by atoms with E-state index < -0.39 is 24.1 Å². The largest absolute Gasteiger partial charge is 0.999 e. The summed E-state index contributed by atoms with van der Waals surface area (Å²) in [5, 5.41) is 32.5. The second kappa shape index (κ2) is 14.2. The van der Waals surface area contributed by atoms with Gasteiger partial charge in [0.2, 0.25) is 0 Å². The van der Waals surface area contributed by atoms with Crippen LogP contribution in [-0.2, 0) is 26.7 Å². The summed E-state index contributed by atoms with van der Waals surface area (Å²) >= 11 is 0. The number of aliphatic carboxylic acids is 2. The van der Waals surface area contributed by atoms with Crippen molar-refractivity contribution in [2.24, 2.45) is 0 Å². The Bertz CT molecular complexity index is 548. The smallest absolute Gasteiger partial charge is 0.335 e. The number of aliphatic hydroxyl groups is 2. The molecular weight excluding hydrogens is 382 g/mol. The van der Waals surface area contributed by atoms with E-state index >= 15 is 0 Å². The van der Waals surface area contributed by atoms with Gasteiger partial charge in [-0.25, -0.2) is 9.59 Å². The maximum absolute atomic E-state index is 9.77. The number of hydrogen-bond donors (Lipinski definition) is 4. The zero-order chi connectivity index (χ0) is 19.4. The van der Waals surface area contributed by atoms with Gasteiger partial charge >= 0.3 is 11.9 Å². The molecule has 26 heavy (non-hydrogen) atoms. The zero-order valence-electron chi connectivity index (χ0n) is 14.2. The van der Waals surface area contributed by atoms with Gasteiger partial charge in [-0.3, -0.25) is 0 Å². The third-order valence-corrected chi connectivity index (χ3v) is 2.81. The summed E-state index contributed by atoms with van der Waals surface area (Å²) in [4.78, 5) is 21.6. The van der Waals surface area contributed by atoms with Crippen molar-refractivity contribution in [1.82, 2.24) is 4.90 Å². The predicted molar refractivity (Wildman–Crippen MR) is 84.1 cm³/mol. The Balaban J connectivity index is 0. The minimum atomic E-state index is -2.27. The molecule has 0 saturated carbocycles. The van der Waals surface area contributed by atoms with Gasteiger partial charge in [-0.05, 0) is 14.1 Å². The fourth-order valence-electron chi connectivity index (χ4n) is 1.15. The van der Waals surface area contributed by atoms with Crippen LogP contribution in [0.4, 0.5) is 0 Å². The van der Waals surface area contributed by atoms with Crippen molar-refractivity contribution in [3.05, 3.63) is 60.2 Å². The van der Waals surface area contributed by atoms with E-state index in [2.05, 4.69) is 60.4 Å². The fourth-order valence-corrected chi connectivity index (χ4v) is 1.15. The number of carboxylic acids is 2. The van der Waals surface area contributed by atoms with Crippen LogP contribution in [0.25, 0.3) is 0 Å². The fraction of sp³-hybridized carbons (Fsp3) is 0.333. The first-order chi connectivity index (χ1) is 11.7. The van der Waals surface area contributed by atoms with Crippen molar-refractivity contribution in [3.63, 3.8) is 0 Å². The molecule has 0 spiro atoms. The van der Waals surface area contributed by atoms with Crippen molar-refractivity contribution < 1.29 is 47.1 Å². The molecule has 2 aromatic carbocycles. The molecule has 4 N–H and O–H groups in total. The molecule has 8 heteroatoms. The maximum atomic E-state index is 9.77. The van der Waals surface area contributed by atoms with Gasteiger partial charge < -0.3 is 85.5 Å². The van der Waals surface area contributed by atoms with Crippen molar-refractivity contribution in [2.75, 3.05) is 14.1 Å². The third kappa shape index (κ3) is 10.8. The van der Waals surface area contributed by atoms with Crippen molar-refractivity contribution in [1.29, 1.82) is 0 Å². The normalized spacial score (nSPS) is 13.0. The number of carbonyl (C=O) groups is 2. The van der Waals surface area contributed by atoms with Gasteiger partial charge in [-0.15, -0.1) is 0 Å². The number of carboxylic acid groups (broad SMARTS) is 2. The van der Waals surface area contributed by atoms with E-state index in [1.165, 1.54) is 0 Å². The molecule has 0 amide bonds. The molecular formula is C18H17FeNO6-10. The van der Waals surface area contributed by atoms with Gasteiger partial charge in [0.1, 0.15) is 0 Å². The molecule has 0 aliphatic rings. The molecule has 0 aliphatic carbocycles. The van der Waals surface area contributed by atoms with E-state index in [1.807, 2.05) is 14.1 Å². The summed E-state index contributed by atoms with van der Waals surface area (Å²) in [5.74, 6) is -3.54. The van der Waals surface area contributed by atoms with E-state index in [0.29, 0.717) is 6.04 Å². The Hall–Kier alpha value is -1.96. The van der Waals surface area contributed by atoms with Crippen LogP contribution in [0, 0.1) is 48.5 Å². The SMILES string of the molecule is CC([c-]1[c-][c-][c-][c-]1)N(C)C.O=C(O)C(O)C(O)C(=O)O.[Fe].[c-]1[c-][c-][cH-][c-]1. The first-order valence-corrected chi connectivity index (χ1v) is 6.88. The van der Waals surface area contributed by atoms with Gasteiger partial charge in [0.25, 0.3) is 0 Å². The van der Waals surface area contributed by atoms with Gasteiger partial charge in [-0.2, -0.15) is 6.04 Å². The first kappa shape index (κ1) is 26.3. The topological polar surface area (TPSA) is 118 Å². The van der Waals surface area contributed by atoms with Crippen LogP contribution >= 0.6 is 0 Å². The Labute approximate surface area is 163 Å². The summed E-state index contributed by atoms with van der Waals surface area (Å²) < 4.78 is 0. The number of aliphatic hydroxyl groups excluding tert-OH is 2. The average molecular weight is 399 g/mol. The van der Waals surface area contributed by atoms with Gasteiger partial charge in [-0.1, -0.05) is 6.92 Å². The molecule has 0 radical (unpaired) electrons. The summed E-state index contributed by atoms with van der Waals surface area (Å²) in [6.07, 6.45) is -4.53. The summed E-state index contributed by atoms with van der Waals surface area (Å²) in [5.41, 5.74) is 1.03. The first-order valence-electron chi connectivity index (χ1n) is 6.88. The van der Waals surface area contributed by atoms with Crippen LogP contribution in [0.3, 0.4) is 0 Å². The molecule has 3 atom stereocenters. The van der Waals surface area contributed by atoms with Crippen molar-refractivity contribution >= 4 is 11.9 Å². The van der Waals surface area contributed by atoms with E-state index in [-0.39, 0.29) is 17.1 Å². The maximum Gasteiger partial charge on any atom is 0.335 e. The molecule has 0 heterocycles. The molecule has 0 saturated heterocycles. The standard InChI is InChI=1S/C9H10N.C5H.C4H6O6.Fe/c1-8(10(2)3)9-6-4-5-7-9;1-2-4-5-3-1;5-1(3(7)8)2(6)4(9)10;/h8H,1-3H3;1H;1-2,5-6H,(H,7,8)(H,9,10);/q2*-5;;.